The Labute approximate surface area is 180 Å². The number of rotatable bonds is 8. The quantitative estimate of drug-likeness (QED) is 0.453. The first kappa shape index (κ1) is 20.3. The van der Waals surface area contributed by atoms with Gasteiger partial charge in [0.2, 0.25) is 17.7 Å². The van der Waals surface area contributed by atoms with Gasteiger partial charge in [-0.1, -0.05) is 29.8 Å². The van der Waals surface area contributed by atoms with Crippen molar-refractivity contribution in [2.75, 3.05) is 5.32 Å². The average molecular weight is 414 g/mol. The molecule has 2 heterocycles. The monoisotopic (exact) mass is 414 g/mol. The average Bonchev–Trinajstić information content (AvgIpc) is 3.27. The van der Waals surface area contributed by atoms with Crippen LogP contribution in [0.4, 0.5) is 5.69 Å². The van der Waals surface area contributed by atoms with Crippen LogP contribution < -0.4 is 10.1 Å². The van der Waals surface area contributed by atoms with Gasteiger partial charge in [-0.3, -0.25) is 9.78 Å². The van der Waals surface area contributed by atoms with Gasteiger partial charge < -0.3 is 14.5 Å². The molecule has 4 aromatic rings. The molecular weight excluding hydrogens is 392 g/mol. The first-order valence-corrected chi connectivity index (χ1v) is 9.97. The number of ether oxygens (including phenoxy) is 1. The van der Waals surface area contributed by atoms with Crippen LogP contribution in [0.3, 0.4) is 0 Å². The van der Waals surface area contributed by atoms with Crippen LogP contribution in [0, 0.1) is 6.92 Å². The van der Waals surface area contributed by atoms with Crippen molar-refractivity contribution in [3.8, 4) is 17.2 Å². The molecule has 156 valence electrons. The Hall–Kier alpha value is -4.00. The highest BCUT2D eigenvalue weighted by Gasteiger charge is 2.11. The maximum Gasteiger partial charge on any atom is 0.247 e. The van der Waals surface area contributed by atoms with Crippen molar-refractivity contribution in [2.45, 2.75) is 26.4 Å². The van der Waals surface area contributed by atoms with Crippen LogP contribution >= 0.6 is 0 Å². The lowest BCUT2D eigenvalue weighted by molar-refractivity contribution is -0.116. The number of anilines is 1. The van der Waals surface area contributed by atoms with Gasteiger partial charge in [-0.2, -0.15) is 0 Å². The van der Waals surface area contributed by atoms with Crippen molar-refractivity contribution in [1.29, 1.82) is 0 Å². The minimum Gasteiger partial charge on any atom is -0.489 e. The van der Waals surface area contributed by atoms with E-state index in [0.29, 0.717) is 36.2 Å². The Kier molecular flexibility index (Phi) is 6.32. The Morgan fingerprint density at radius 2 is 1.94 bits per heavy atom. The van der Waals surface area contributed by atoms with E-state index in [1.807, 2.05) is 61.5 Å². The van der Waals surface area contributed by atoms with Gasteiger partial charge in [-0.05, 0) is 37.3 Å². The smallest absolute Gasteiger partial charge is 0.247 e. The molecule has 31 heavy (non-hydrogen) atoms. The molecule has 1 N–H and O–H groups in total. The molecule has 0 atom stereocenters. The number of carbonyl (C=O) groups excluding carboxylic acids is 1. The summed E-state index contributed by atoms with van der Waals surface area (Å²) in [5, 5.41) is 11.0. The topological polar surface area (TPSA) is 90.1 Å². The molecule has 7 nitrogen and oxygen atoms in total. The molecule has 4 rings (SSSR count). The van der Waals surface area contributed by atoms with Gasteiger partial charge in [0.1, 0.15) is 12.4 Å². The van der Waals surface area contributed by atoms with Crippen LogP contribution in [-0.2, 0) is 17.8 Å². The molecule has 0 saturated heterocycles. The van der Waals surface area contributed by atoms with E-state index in [4.69, 9.17) is 9.15 Å². The van der Waals surface area contributed by atoms with E-state index < -0.39 is 0 Å². The lowest BCUT2D eigenvalue weighted by Crippen LogP contribution is -2.12. The number of benzene rings is 2. The fourth-order valence-electron chi connectivity index (χ4n) is 2.93. The molecule has 0 aliphatic heterocycles. The van der Waals surface area contributed by atoms with Crippen LogP contribution in [0.2, 0.25) is 0 Å². The maximum atomic E-state index is 12.3. The molecule has 1 amide bonds. The minimum absolute atomic E-state index is 0.139. The van der Waals surface area contributed by atoms with Crippen molar-refractivity contribution >= 4 is 11.6 Å². The number of pyridine rings is 1. The zero-order chi connectivity index (χ0) is 21.5. The molecular formula is C24H22N4O3. The first-order valence-electron chi connectivity index (χ1n) is 9.97. The van der Waals surface area contributed by atoms with Crippen LogP contribution in [-0.4, -0.2) is 21.1 Å². The van der Waals surface area contributed by atoms with Crippen LogP contribution in [0.1, 0.15) is 23.4 Å². The Bertz CT molecular complexity index is 1140. The normalized spacial score (nSPS) is 10.6. The SMILES string of the molecule is Cc1ccc(-c2nnc(CCC(=O)Nc3cccc(OCc4cccnc4)c3)o2)cc1. The van der Waals surface area contributed by atoms with Gasteiger partial charge in [0.25, 0.3) is 0 Å². The van der Waals surface area contributed by atoms with Gasteiger partial charge in [0.05, 0.1) is 0 Å². The van der Waals surface area contributed by atoms with Crippen molar-refractivity contribution < 1.29 is 13.9 Å². The van der Waals surface area contributed by atoms with Crippen molar-refractivity contribution in [1.82, 2.24) is 15.2 Å². The van der Waals surface area contributed by atoms with Crippen molar-refractivity contribution in [2.24, 2.45) is 0 Å². The third kappa shape index (κ3) is 5.76. The number of amides is 1. The number of aryl methyl sites for hydroxylation is 2. The highest BCUT2D eigenvalue weighted by atomic mass is 16.5. The van der Waals surface area contributed by atoms with E-state index in [-0.39, 0.29) is 12.3 Å². The van der Waals surface area contributed by atoms with E-state index in [1.165, 1.54) is 0 Å². The lowest BCUT2D eigenvalue weighted by atomic mass is 10.1. The maximum absolute atomic E-state index is 12.3. The predicted molar refractivity (Wildman–Crippen MR) is 116 cm³/mol. The van der Waals surface area contributed by atoms with Crippen molar-refractivity contribution in [3.63, 3.8) is 0 Å². The van der Waals surface area contributed by atoms with E-state index in [1.54, 1.807) is 18.5 Å². The lowest BCUT2D eigenvalue weighted by Gasteiger charge is -2.09. The van der Waals surface area contributed by atoms with Gasteiger partial charge in [-0.15, -0.1) is 10.2 Å². The van der Waals surface area contributed by atoms with Gasteiger partial charge in [0.15, 0.2) is 0 Å². The standard InChI is InChI=1S/C24H22N4O3/c1-17-7-9-19(10-8-17)24-28-27-23(31-24)12-11-22(29)26-20-5-2-6-21(14-20)30-16-18-4-3-13-25-15-18/h2-10,13-15H,11-12,16H2,1H3,(H,26,29). The second-order valence-electron chi connectivity index (χ2n) is 7.09. The molecule has 0 radical (unpaired) electrons. The van der Waals surface area contributed by atoms with Crippen LogP contribution in [0.15, 0.2) is 77.5 Å². The third-order valence-electron chi connectivity index (χ3n) is 4.58. The number of aromatic nitrogens is 3. The Morgan fingerprint density at radius 1 is 1.06 bits per heavy atom. The number of hydrogen-bond donors (Lipinski definition) is 1. The summed E-state index contributed by atoms with van der Waals surface area (Å²) in [6.45, 7) is 2.43. The molecule has 0 fully saturated rings. The number of hydrogen-bond acceptors (Lipinski definition) is 6. The number of nitrogens with zero attached hydrogens (tertiary/aromatic N) is 3. The molecule has 2 aromatic carbocycles. The summed E-state index contributed by atoms with van der Waals surface area (Å²) in [6.07, 6.45) is 4.07. The van der Waals surface area contributed by atoms with E-state index in [9.17, 15) is 4.79 Å². The second-order valence-corrected chi connectivity index (χ2v) is 7.09. The zero-order valence-corrected chi connectivity index (χ0v) is 17.1. The molecule has 0 aliphatic carbocycles. The molecule has 0 saturated carbocycles. The predicted octanol–water partition coefficient (Wildman–Crippen LogP) is 4.59. The van der Waals surface area contributed by atoms with Crippen molar-refractivity contribution in [3.05, 3.63) is 90.1 Å². The summed E-state index contributed by atoms with van der Waals surface area (Å²) in [5.41, 5.74) is 3.66. The Morgan fingerprint density at radius 3 is 2.74 bits per heavy atom. The third-order valence-corrected chi connectivity index (χ3v) is 4.58. The molecule has 7 heteroatoms. The summed E-state index contributed by atoms with van der Waals surface area (Å²) >= 11 is 0. The minimum atomic E-state index is -0.139. The molecule has 0 unspecified atom stereocenters. The van der Waals surface area contributed by atoms with E-state index in [0.717, 1.165) is 16.7 Å². The first-order chi connectivity index (χ1) is 15.2. The molecule has 0 spiro atoms. The van der Waals surface area contributed by atoms with Gasteiger partial charge in [-0.25, -0.2) is 0 Å². The van der Waals surface area contributed by atoms with E-state index >= 15 is 0 Å². The Balaban J connectivity index is 1.28. The summed E-state index contributed by atoms with van der Waals surface area (Å²) < 4.78 is 11.4. The summed E-state index contributed by atoms with van der Waals surface area (Å²) in [6, 6.07) is 18.9. The summed E-state index contributed by atoms with van der Waals surface area (Å²) in [5.74, 6) is 1.41. The van der Waals surface area contributed by atoms with E-state index in [2.05, 4.69) is 20.5 Å². The fraction of sp³-hybridized carbons (Fsp3) is 0.167. The fourth-order valence-corrected chi connectivity index (χ4v) is 2.93. The summed E-state index contributed by atoms with van der Waals surface area (Å²) in [7, 11) is 0. The van der Waals surface area contributed by atoms with Gasteiger partial charge >= 0.3 is 0 Å². The highest BCUT2D eigenvalue weighted by molar-refractivity contribution is 5.90. The second kappa shape index (κ2) is 9.67. The largest absolute Gasteiger partial charge is 0.489 e. The summed E-state index contributed by atoms with van der Waals surface area (Å²) in [4.78, 5) is 16.4. The molecule has 0 bridgehead atoms. The highest BCUT2D eigenvalue weighted by Crippen LogP contribution is 2.20. The van der Waals surface area contributed by atoms with Crippen LogP contribution in [0.5, 0.6) is 5.75 Å². The number of nitrogens with one attached hydrogen (secondary N) is 1. The molecule has 0 aliphatic rings. The molecule has 2 aromatic heterocycles. The van der Waals surface area contributed by atoms with Gasteiger partial charge in [0, 0.05) is 48.1 Å². The van der Waals surface area contributed by atoms with Crippen LogP contribution in [0.25, 0.3) is 11.5 Å². The number of carbonyl (C=O) groups is 1. The zero-order valence-electron chi connectivity index (χ0n) is 17.1.